The number of benzene rings is 1. The second kappa shape index (κ2) is 12.8. The highest BCUT2D eigenvalue weighted by Crippen LogP contribution is 2.23. The van der Waals surface area contributed by atoms with Crippen LogP contribution in [0.2, 0.25) is 0 Å². The lowest BCUT2D eigenvalue weighted by molar-refractivity contribution is 0.0420. The Morgan fingerprint density at radius 1 is 1.20 bits per heavy atom. The first-order valence-corrected chi connectivity index (χ1v) is 11.4. The third kappa shape index (κ3) is 7.45. The molecule has 1 aromatic rings. The van der Waals surface area contributed by atoms with Crippen molar-refractivity contribution in [2.24, 2.45) is 10.9 Å². The molecule has 0 aliphatic carbocycles. The summed E-state index contributed by atoms with van der Waals surface area (Å²) in [5, 5.41) is 16.0. The van der Waals surface area contributed by atoms with Crippen molar-refractivity contribution in [2.45, 2.75) is 45.3 Å². The Kier molecular flexibility index (Phi) is 9.73. The fraction of sp³-hybridized carbons (Fsp3) is 0.696. The number of hydrogen-bond donors (Lipinski definition) is 3. The molecule has 2 aliphatic rings. The van der Waals surface area contributed by atoms with Gasteiger partial charge in [-0.2, -0.15) is 0 Å². The third-order valence-corrected chi connectivity index (χ3v) is 5.79. The van der Waals surface area contributed by atoms with E-state index in [0.717, 1.165) is 77.6 Å². The molecule has 2 fully saturated rings. The number of nitrogens with one attached hydrogen (secondary N) is 2. The van der Waals surface area contributed by atoms with Crippen molar-refractivity contribution >= 4 is 11.6 Å². The predicted octanol–water partition coefficient (Wildman–Crippen LogP) is 2.15. The van der Waals surface area contributed by atoms with Crippen LogP contribution in [-0.4, -0.2) is 69.8 Å². The highest BCUT2D eigenvalue weighted by molar-refractivity contribution is 5.79. The van der Waals surface area contributed by atoms with E-state index in [9.17, 15) is 5.11 Å². The van der Waals surface area contributed by atoms with E-state index < -0.39 is 0 Å². The van der Waals surface area contributed by atoms with Gasteiger partial charge in [-0.1, -0.05) is 12.1 Å². The minimum absolute atomic E-state index is 0.274. The zero-order valence-electron chi connectivity index (χ0n) is 18.3. The Morgan fingerprint density at radius 3 is 2.67 bits per heavy atom. The fourth-order valence-electron chi connectivity index (χ4n) is 3.87. The van der Waals surface area contributed by atoms with Gasteiger partial charge in [0.2, 0.25) is 0 Å². The Hall–Kier alpha value is -1.83. The second-order valence-corrected chi connectivity index (χ2v) is 8.11. The SMILES string of the molecule is CCNC(=NCc1ccc(N2CCC(CO)CC2)cc1)NCCCOC1CCOC1. The van der Waals surface area contributed by atoms with Crippen molar-refractivity contribution < 1.29 is 14.6 Å². The summed E-state index contributed by atoms with van der Waals surface area (Å²) in [6, 6.07) is 8.71. The van der Waals surface area contributed by atoms with Crippen molar-refractivity contribution in [3.8, 4) is 0 Å². The second-order valence-electron chi connectivity index (χ2n) is 8.11. The molecule has 2 heterocycles. The zero-order chi connectivity index (χ0) is 21.0. The topological polar surface area (TPSA) is 78.4 Å². The van der Waals surface area contributed by atoms with Crippen LogP contribution >= 0.6 is 0 Å². The molecule has 7 heteroatoms. The lowest BCUT2D eigenvalue weighted by Gasteiger charge is -2.32. The van der Waals surface area contributed by atoms with Crippen molar-refractivity contribution in [3.05, 3.63) is 29.8 Å². The van der Waals surface area contributed by atoms with E-state index in [4.69, 9.17) is 14.5 Å². The minimum atomic E-state index is 0.274. The van der Waals surface area contributed by atoms with Crippen molar-refractivity contribution in [1.82, 2.24) is 10.6 Å². The summed E-state index contributed by atoms with van der Waals surface area (Å²) in [5.74, 6) is 1.31. The van der Waals surface area contributed by atoms with Gasteiger partial charge in [0.1, 0.15) is 0 Å². The van der Waals surface area contributed by atoms with Crippen LogP contribution in [0, 0.1) is 5.92 Å². The van der Waals surface area contributed by atoms with Crippen LogP contribution in [0.5, 0.6) is 0 Å². The quantitative estimate of drug-likeness (QED) is 0.307. The Balaban J connectivity index is 1.40. The van der Waals surface area contributed by atoms with E-state index in [1.165, 1.54) is 11.3 Å². The standard InChI is InChI=1S/C23H38N4O3/c1-2-24-23(25-11-3-14-30-22-10-15-29-18-22)26-16-19-4-6-21(7-5-19)27-12-8-20(17-28)9-13-27/h4-7,20,22,28H,2-3,8-18H2,1H3,(H2,24,25,26). The number of hydrogen-bond acceptors (Lipinski definition) is 5. The van der Waals surface area contributed by atoms with Gasteiger partial charge in [-0.15, -0.1) is 0 Å². The first kappa shape index (κ1) is 22.8. The Bertz CT molecular complexity index is 624. The molecule has 0 radical (unpaired) electrons. The van der Waals surface area contributed by atoms with Gasteiger partial charge in [0.15, 0.2) is 5.96 Å². The monoisotopic (exact) mass is 418 g/mol. The lowest BCUT2D eigenvalue weighted by atomic mass is 9.97. The molecule has 1 atom stereocenters. The Morgan fingerprint density at radius 2 is 2.00 bits per heavy atom. The van der Waals surface area contributed by atoms with E-state index in [1.54, 1.807) is 0 Å². The fourth-order valence-corrected chi connectivity index (χ4v) is 3.87. The van der Waals surface area contributed by atoms with Gasteiger partial charge >= 0.3 is 0 Å². The molecule has 168 valence electrons. The lowest BCUT2D eigenvalue weighted by Crippen LogP contribution is -2.38. The average Bonchev–Trinajstić information content (AvgIpc) is 3.31. The number of ether oxygens (including phenoxy) is 2. The van der Waals surface area contributed by atoms with Crippen LogP contribution in [-0.2, 0) is 16.0 Å². The van der Waals surface area contributed by atoms with Gasteiger partial charge in [-0.05, 0) is 56.2 Å². The molecular weight excluding hydrogens is 380 g/mol. The smallest absolute Gasteiger partial charge is 0.191 e. The van der Waals surface area contributed by atoms with Gasteiger partial charge in [0, 0.05) is 51.7 Å². The van der Waals surface area contributed by atoms with Crippen LogP contribution in [0.25, 0.3) is 0 Å². The van der Waals surface area contributed by atoms with Crippen LogP contribution < -0.4 is 15.5 Å². The molecule has 0 aromatic heterocycles. The number of piperidine rings is 1. The first-order valence-electron chi connectivity index (χ1n) is 11.4. The summed E-state index contributed by atoms with van der Waals surface area (Å²) >= 11 is 0. The van der Waals surface area contributed by atoms with Crippen LogP contribution in [0.1, 0.15) is 38.2 Å². The average molecular weight is 419 g/mol. The van der Waals surface area contributed by atoms with Crippen LogP contribution in [0.15, 0.2) is 29.3 Å². The molecule has 0 spiro atoms. The van der Waals surface area contributed by atoms with E-state index in [-0.39, 0.29) is 6.10 Å². The number of aliphatic imine (C=N–C) groups is 1. The zero-order valence-corrected chi connectivity index (χ0v) is 18.3. The van der Waals surface area contributed by atoms with Gasteiger partial charge in [0.25, 0.3) is 0 Å². The van der Waals surface area contributed by atoms with Crippen LogP contribution in [0.4, 0.5) is 5.69 Å². The van der Waals surface area contributed by atoms with Gasteiger partial charge in [-0.3, -0.25) is 0 Å². The molecule has 0 bridgehead atoms. The first-order chi connectivity index (χ1) is 14.8. The molecule has 1 aromatic carbocycles. The number of guanidine groups is 1. The normalized spacial score (nSPS) is 20.5. The molecule has 30 heavy (non-hydrogen) atoms. The van der Waals surface area contributed by atoms with Gasteiger partial charge in [-0.25, -0.2) is 4.99 Å². The van der Waals surface area contributed by atoms with Crippen molar-refractivity contribution in [1.29, 1.82) is 0 Å². The molecule has 1 unspecified atom stereocenters. The summed E-state index contributed by atoms with van der Waals surface area (Å²) in [6.45, 7) is 9.07. The third-order valence-electron chi connectivity index (χ3n) is 5.79. The van der Waals surface area contributed by atoms with E-state index in [2.05, 4.69) is 46.7 Å². The molecule has 0 saturated carbocycles. The summed E-state index contributed by atoms with van der Waals surface area (Å²) in [6.07, 6.45) is 4.37. The number of anilines is 1. The number of aliphatic hydroxyl groups is 1. The summed E-state index contributed by atoms with van der Waals surface area (Å²) in [4.78, 5) is 7.12. The van der Waals surface area contributed by atoms with E-state index >= 15 is 0 Å². The van der Waals surface area contributed by atoms with E-state index in [1.807, 2.05) is 0 Å². The Labute approximate surface area is 180 Å². The predicted molar refractivity (Wildman–Crippen MR) is 121 cm³/mol. The number of rotatable bonds is 10. The maximum Gasteiger partial charge on any atom is 0.191 e. The molecule has 0 amide bonds. The minimum Gasteiger partial charge on any atom is -0.396 e. The molecular formula is C23H38N4O3. The number of nitrogens with zero attached hydrogens (tertiary/aromatic N) is 2. The van der Waals surface area contributed by atoms with Crippen molar-refractivity contribution in [3.63, 3.8) is 0 Å². The molecule has 3 N–H and O–H groups in total. The molecule has 2 aliphatic heterocycles. The maximum absolute atomic E-state index is 9.30. The maximum atomic E-state index is 9.30. The van der Waals surface area contributed by atoms with Gasteiger partial charge < -0.3 is 30.1 Å². The highest BCUT2D eigenvalue weighted by atomic mass is 16.5. The summed E-state index contributed by atoms with van der Waals surface area (Å²) in [7, 11) is 0. The summed E-state index contributed by atoms with van der Waals surface area (Å²) < 4.78 is 11.1. The molecule has 7 nitrogen and oxygen atoms in total. The van der Waals surface area contributed by atoms with Gasteiger partial charge in [0.05, 0.1) is 19.3 Å². The van der Waals surface area contributed by atoms with Crippen molar-refractivity contribution in [2.75, 3.05) is 57.5 Å². The molecule has 3 rings (SSSR count). The van der Waals surface area contributed by atoms with E-state index in [0.29, 0.717) is 19.1 Å². The molecule has 2 saturated heterocycles. The largest absolute Gasteiger partial charge is 0.396 e. The summed E-state index contributed by atoms with van der Waals surface area (Å²) in [5.41, 5.74) is 2.46. The number of aliphatic hydroxyl groups excluding tert-OH is 1. The highest BCUT2D eigenvalue weighted by Gasteiger charge is 2.18. The van der Waals surface area contributed by atoms with Crippen LogP contribution in [0.3, 0.4) is 0 Å².